The zero-order valence-corrected chi connectivity index (χ0v) is 13.6. The Morgan fingerprint density at radius 1 is 1.30 bits per heavy atom. The Bertz CT molecular complexity index is 585. The lowest BCUT2D eigenvalue weighted by atomic mass is 9.96. The Balaban J connectivity index is 1.64. The van der Waals surface area contributed by atoms with Gasteiger partial charge in [-0.15, -0.1) is 0 Å². The summed E-state index contributed by atoms with van der Waals surface area (Å²) in [6.45, 7) is 4.68. The molecule has 23 heavy (non-hydrogen) atoms. The monoisotopic (exact) mass is 319 g/mol. The molecule has 126 valence electrons. The summed E-state index contributed by atoms with van der Waals surface area (Å²) in [4.78, 5) is 27.8. The maximum absolute atomic E-state index is 12.9. The number of primary amides is 1. The fourth-order valence-electron chi connectivity index (χ4n) is 3.71. The lowest BCUT2D eigenvalue weighted by Gasteiger charge is -2.34. The number of rotatable bonds is 3. The van der Waals surface area contributed by atoms with Gasteiger partial charge >= 0.3 is 6.03 Å². The van der Waals surface area contributed by atoms with Crippen molar-refractivity contribution in [1.82, 2.24) is 19.6 Å². The maximum atomic E-state index is 12.9. The molecule has 0 saturated carbocycles. The zero-order valence-electron chi connectivity index (χ0n) is 13.6. The Labute approximate surface area is 136 Å². The van der Waals surface area contributed by atoms with E-state index >= 15 is 0 Å². The number of carbonyl (C=O) groups excluding carboxylic acids is 2. The van der Waals surface area contributed by atoms with Crippen LogP contribution in [0.4, 0.5) is 4.79 Å². The lowest BCUT2D eigenvalue weighted by Crippen LogP contribution is -2.49. The third-order valence-electron chi connectivity index (χ3n) is 4.90. The van der Waals surface area contributed by atoms with Gasteiger partial charge in [-0.05, 0) is 38.2 Å². The molecule has 2 atom stereocenters. The zero-order chi connectivity index (χ0) is 16.4. The number of nitrogens with zero attached hydrogens (tertiary/aromatic N) is 4. The number of amides is 3. The van der Waals surface area contributed by atoms with Crippen molar-refractivity contribution < 1.29 is 9.59 Å². The predicted octanol–water partition coefficient (Wildman–Crippen LogP) is 0.973. The quantitative estimate of drug-likeness (QED) is 0.901. The predicted molar refractivity (Wildman–Crippen MR) is 85.6 cm³/mol. The molecule has 3 rings (SSSR count). The van der Waals surface area contributed by atoms with Crippen LogP contribution in [0, 0.1) is 12.8 Å². The Morgan fingerprint density at radius 2 is 2.09 bits per heavy atom. The third-order valence-corrected chi connectivity index (χ3v) is 4.90. The molecule has 1 aromatic rings. The minimum Gasteiger partial charge on any atom is -0.351 e. The van der Waals surface area contributed by atoms with Gasteiger partial charge < -0.3 is 15.5 Å². The number of aromatic nitrogens is 2. The fraction of sp³-hybridized carbons (Fsp3) is 0.688. The summed E-state index contributed by atoms with van der Waals surface area (Å²) in [5.74, 6) is 0.0542. The third kappa shape index (κ3) is 3.48. The highest BCUT2D eigenvalue weighted by atomic mass is 16.2. The van der Waals surface area contributed by atoms with Crippen LogP contribution in [-0.2, 0) is 11.3 Å². The number of likely N-dealkylation sites (tertiary alicyclic amines) is 2. The SMILES string of the molecule is Cc1cnn(C[C@@H]2CCCN2C(=O)[C@H]2CCCN(C(N)=O)C2)c1. The molecule has 0 spiro atoms. The Morgan fingerprint density at radius 3 is 2.78 bits per heavy atom. The molecule has 3 amide bonds. The van der Waals surface area contributed by atoms with Gasteiger partial charge in [-0.25, -0.2) is 4.79 Å². The first-order valence-electron chi connectivity index (χ1n) is 8.38. The fourth-order valence-corrected chi connectivity index (χ4v) is 3.71. The highest BCUT2D eigenvalue weighted by molar-refractivity contribution is 5.81. The van der Waals surface area contributed by atoms with Crippen LogP contribution in [0.15, 0.2) is 12.4 Å². The van der Waals surface area contributed by atoms with E-state index in [1.807, 2.05) is 28.9 Å². The smallest absolute Gasteiger partial charge is 0.314 e. The van der Waals surface area contributed by atoms with Crippen molar-refractivity contribution in [3.05, 3.63) is 18.0 Å². The molecule has 0 unspecified atom stereocenters. The van der Waals surface area contributed by atoms with E-state index in [-0.39, 0.29) is 17.9 Å². The molecule has 2 aliphatic heterocycles. The van der Waals surface area contributed by atoms with Crippen molar-refractivity contribution in [2.75, 3.05) is 19.6 Å². The van der Waals surface area contributed by atoms with Crippen molar-refractivity contribution in [2.24, 2.45) is 11.7 Å². The molecule has 3 heterocycles. The summed E-state index contributed by atoms with van der Waals surface area (Å²) in [5.41, 5.74) is 6.50. The molecule has 0 aromatic carbocycles. The highest BCUT2D eigenvalue weighted by Crippen LogP contribution is 2.25. The van der Waals surface area contributed by atoms with E-state index in [0.29, 0.717) is 13.1 Å². The van der Waals surface area contributed by atoms with Crippen LogP contribution >= 0.6 is 0 Å². The molecule has 1 aromatic heterocycles. The average molecular weight is 319 g/mol. The van der Waals surface area contributed by atoms with Gasteiger partial charge in [-0.2, -0.15) is 5.10 Å². The Hall–Kier alpha value is -2.05. The largest absolute Gasteiger partial charge is 0.351 e. The first-order valence-corrected chi connectivity index (χ1v) is 8.38. The minimum atomic E-state index is -0.424. The van der Waals surface area contributed by atoms with E-state index in [9.17, 15) is 9.59 Å². The molecule has 2 N–H and O–H groups in total. The van der Waals surface area contributed by atoms with Gasteiger partial charge in [0.05, 0.1) is 24.7 Å². The van der Waals surface area contributed by atoms with Crippen LogP contribution in [-0.4, -0.2) is 57.2 Å². The lowest BCUT2D eigenvalue weighted by molar-refractivity contribution is -0.138. The maximum Gasteiger partial charge on any atom is 0.314 e. The second kappa shape index (κ2) is 6.60. The van der Waals surface area contributed by atoms with Crippen LogP contribution < -0.4 is 5.73 Å². The summed E-state index contributed by atoms with van der Waals surface area (Å²) >= 11 is 0. The van der Waals surface area contributed by atoms with Crippen LogP contribution in [0.5, 0.6) is 0 Å². The van der Waals surface area contributed by atoms with Gasteiger partial charge in [0, 0.05) is 25.8 Å². The number of hydrogen-bond donors (Lipinski definition) is 1. The van der Waals surface area contributed by atoms with Gasteiger partial charge in [-0.1, -0.05) is 0 Å². The van der Waals surface area contributed by atoms with Crippen molar-refractivity contribution in [3.8, 4) is 0 Å². The summed E-state index contributed by atoms with van der Waals surface area (Å²) in [7, 11) is 0. The molecule has 0 bridgehead atoms. The molecule has 7 heteroatoms. The molecule has 0 radical (unpaired) electrons. The number of urea groups is 1. The number of hydrogen-bond acceptors (Lipinski definition) is 3. The van der Waals surface area contributed by atoms with E-state index in [4.69, 9.17) is 5.73 Å². The average Bonchev–Trinajstić information content (AvgIpc) is 3.16. The Kier molecular flexibility index (Phi) is 4.54. The molecular weight excluding hydrogens is 294 g/mol. The standard InChI is InChI=1S/C16H25N5O2/c1-12-8-18-20(9-12)11-14-5-3-7-21(14)15(22)13-4-2-6-19(10-13)16(17)23/h8-9,13-14H,2-7,10-11H2,1H3,(H2,17,23)/t13-,14-/m0/s1. The van der Waals surface area contributed by atoms with E-state index in [1.54, 1.807) is 4.90 Å². The second-order valence-corrected chi connectivity index (χ2v) is 6.69. The van der Waals surface area contributed by atoms with E-state index in [2.05, 4.69) is 5.10 Å². The molecular formula is C16H25N5O2. The van der Waals surface area contributed by atoms with Crippen LogP contribution in [0.3, 0.4) is 0 Å². The van der Waals surface area contributed by atoms with Gasteiger partial charge in [0.15, 0.2) is 0 Å². The van der Waals surface area contributed by atoms with Crippen molar-refractivity contribution in [2.45, 2.75) is 45.2 Å². The normalized spacial score (nSPS) is 24.9. The molecule has 0 aliphatic carbocycles. The summed E-state index contributed by atoms with van der Waals surface area (Å²) in [6, 6.07) is -0.224. The minimum absolute atomic E-state index is 0.115. The first kappa shape index (κ1) is 15.8. The van der Waals surface area contributed by atoms with E-state index in [1.165, 1.54) is 0 Å². The molecule has 7 nitrogen and oxygen atoms in total. The summed E-state index contributed by atoms with van der Waals surface area (Å²) in [5, 5.41) is 4.33. The summed E-state index contributed by atoms with van der Waals surface area (Å²) in [6.07, 6.45) is 7.58. The van der Waals surface area contributed by atoms with Gasteiger partial charge in [0.1, 0.15) is 0 Å². The van der Waals surface area contributed by atoms with E-state index < -0.39 is 6.03 Å². The molecule has 2 saturated heterocycles. The van der Waals surface area contributed by atoms with E-state index in [0.717, 1.165) is 44.3 Å². The number of nitrogens with two attached hydrogens (primary N) is 1. The van der Waals surface area contributed by atoms with Gasteiger partial charge in [0.25, 0.3) is 0 Å². The van der Waals surface area contributed by atoms with Gasteiger partial charge in [-0.3, -0.25) is 9.48 Å². The topological polar surface area (TPSA) is 84.5 Å². The van der Waals surface area contributed by atoms with Gasteiger partial charge in [0.2, 0.25) is 5.91 Å². The number of carbonyl (C=O) groups is 2. The number of aryl methyl sites for hydroxylation is 1. The molecule has 2 fully saturated rings. The van der Waals surface area contributed by atoms with Crippen molar-refractivity contribution in [1.29, 1.82) is 0 Å². The second-order valence-electron chi connectivity index (χ2n) is 6.69. The highest BCUT2D eigenvalue weighted by Gasteiger charge is 2.35. The van der Waals surface area contributed by atoms with Crippen molar-refractivity contribution >= 4 is 11.9 Å². The van der Waals surface area contributed by atoms with Crippen LogP contribution in [0.25, 0.3) is 0 Å². The molecule has 2 aliphatic rings. The summed E-state index contributed by atoms with van der Waals surface area (Å²) < 4.78 is 1.92. The number of piperidine rings is 1. The van der Waals surface area contributed by atoms with Crippen LogP contribution in [0.1, 0.15) is 31.2 Å². The van der Waals surface area contributed by atoms with Crippen molar-refractivity contribution in [3.63, 3.8) is 0 Å². The van der Waals surface area contributed by atoms with Crippen LogP contribution in [0.2, 0.25) is 0 Å². The first-order chi connectivity index (χ1) is 11.0.